The second kappa shape index (κ2) is 11.9. The average Bonchev–Trinajstić information content (AvgIpc) is 2.53. The van der Waals surface area contributed by atoms with Crippen molar-refractivity contribution in [3.8, 4) is 0 Å². The SMILES string of the molecule is CCNC(=NCc1ccccc1S(=O)(=O)N(C)C)NCCSC.I. The Hall–Kier alpha value is -0.520. The summed E-state index contributed by atoms with van der Waals surface area (Å²) in [6.45, 7) is 3.86. The lowest BCUT2D eigenvalue weighted by Gasteiger charge is -2.15. The molecule has 9 heteroatoms. The highest BCUT2D eigenvalue weighted by Crippen LogP contribution is 2.19. The molecule has 0 spiro atoms. The highest BCUT2D eigenvalue weighted by molar-refractivity contribution is 14.0. The topological polar surface area (TPSA) is 73.8 Å². The van der Waals surface area contributed by atoms with E-state index in [0.717, 1.165) is 18.8 Å². The lowest BCUT2D eigenvalue weighted by atomic mass is 10.2. The molecule has 0 unspecified atom stereocenters. The van der Waals surface area contributed by atoms with Crippen molar-refractivity contribution in [1.82, 2.24) is 14.9 Å². The van der Waals surface area contributed by atoms with E-state index in [1.54, 1.807) is 30.0 Å². The quantitative estimate of drug-likeness (QED) is 0.255. The third-order valence-corrected chi connectivity index (χ3v) is 5.61. The Kier molecular flexibility index (Phi) is 11.7. The van der Waals surface area contributed by atoms with E-state index in [2.05, 4.69) is 15.6 Å². The van der Waals surface area contributed by atoms with Gasteiger partial charge in [0.2, 0.25) is 10.0 Å². The van der Waals surface area contributed by atoms with Crippen LogP contribution >= 0.6 is 35.7 Å². The maximum Gasteiger partial charge on any atom is 0.242 e. The first-order valence-electron chi connectivity index (χ1n) is 7.45. The Labute approximate surface area is 166 Å². The first-order chi connectivity index (χ1) is 10.9. The fourth-order valence-corrected chi connectivity index (χ4v) is 3.27. The van der Waals surface area contributed by atoms with Crippen LogP contribution in [0.4, 0.5) is 0 Å². The Morgan fingerprint density at radius 2 is 1.92 bits per heavy atom. The van der Waals surface area contributed by atoms with Gasteiger partial charge in [0.25, 0.3) is 0 Å². The monoisotopic (exact) mass is 486 g/mol. The third-order valence-electron chi connectivity index (χ3n) is 3.08. The molecule has 0 aliphatic carbocycles. The molecule has 2 N–H and O–H groups in total. The molecule has 0 aliphatic rings. The minimum atomic E-state index is -3.47. The predicted molar refractivity (Wildman–Crippen MR) is 114 cm³/mol. The van der Waals surface area contributed by atoms with Gasteiger partial charge < -0.3 is 10.6 Å². The molecule has 6 nitrogen and oxygen atoms in total. The zero-order valence-corrected chi connectivity index (χ0v) is 18.5. The minimum absolute atomic E-state index is 0. The van der Waals surface area contributed by atoms with Crippen LogP contribution < -0.4 is 10.6 Å². The summed E-state index contributed by atoms with van der Waals surface area (Å²) in [5.74, 6) is 1.68. The number of guanidine groups is 1. The number of nitrogens with zero attached hydrogens (tertiary/aromatic N) is 2. The summed E-state index contributed by atoms with van der Waals surface area (Å²) in [7, 11) is -0.406. The molecule has 24 heavy (non-hydrogen) atoms. The molecule has 138 valence electrons. The Morgan fingerprint density at radius 3 is 2.50 bits per heavy atom. The molecule has 1 rings (SSSR count). The van der Waals surface area contributed by atoms with Gasteiger partial charge in [-0.25, -0.2) is 17.7 Å². The molecular formula is C15H27IN4O2S2. The lowest BCUT2D eigenvalue weighted by molar-refractivity contribution is 0.519. The van der Waals surface area contributed by atoms with E-state index in [9.17, 15) is 8.42 Å². The maximum absolute atomic E-state index is 12.4. The molecule has 0 amide bonds. The zero-order valence-electron chi connectivity index (χ0n) is 14.6. The number of hydrogen-bond acceptors (Lipinski definition) is 4. The van der Waals surface area contributed by atoms with Gasteiger partial charge in [0.05, 0.1) is 11.4 Å². The number of thioether (sulfide) groups is 1. The molecule has 0 saturated carbocycles. The fraction of sp³-hybridized carbons (Fsp3) is 0.533. The summed E-state index contributed by atoms with van der Waals surface area (Å²) >= 11 is 1.76. The van der Waals surface area contributed by atoms with Crippen molar-refractivity contribution in [2.45, 2.75) is 18.4 Å². The number of aliphatic imine (C=N–C) groups is 1. The summed E-state index contributed by atoms with van der Waals surface area (Å²) in [6, 6.07) is 6.97. The van der Waals surface area contributed by atoms with Gasteiger partial charge >= 0.3 is 0 Å². The molecule has 0 fully saturated rings. The summed E-state index contributed by atoms with van der Waals surface area (Å²) in [4.78, 5) is 4.79. The van der Waals surface area contributed by atoms with Crippen LogP contribution in [0.2, 0.25) is 0 Å². The van der Waals surface area contributed by atoms with Gasteiger partial charge in [0.15, 0.2) is 5.96 Å². The molecule has 0 saturated heterocycles. The van der Waals surface area contributed by atoms with Crippen LogP contribution in [-0.2, 0) is 16.6 Å². The molecular weight excluding hydrogens is 459 g/mol. The number of benzene rings is 1. The maximum atomic E-state index is 12.4. The molecule has 1 aromatic rings. The van der Waals surface area contributed by atoms with Gasteiger partial charge in [-0.2, -0.15) is 11.8 Å². The van der Waals surface area contributed by atoms with Crippen molar-refractivity contribution in [3.63, 3.8) is 0 Å². The first kappa shape index (κ1) is 23.5. The largest absolute Gasteiger partial charge is 0.357 e. The number of halogens is 1. The molecule has 0 aromatic heterocycles. The van der Waals surface area contributed by atoms with E-state index in [1.807, 2.05) is 19.2 Å². The normalized spacial score (nSPS) is 12.0. The van der Waals surface area contributed by atoms with Crippen LogP contribution in [0, 0.1) is 0 Å². The van der Waals surface area contributed by atoms with Crippen molar-refractivity contribution in [1.29, 1.82) is 0 Å². The molecule has 0 atom stereocenters. The van der Waals surface area contributed by atoms with E-state index in [0.29, 0.717) is 23.0 Å². The number of hydrogen-bond donors (Lipinski definition) is 2. The second-order valence-corrected chi connectivity index (χ2v) is 8.12. The Morgan fingerprint density at radius 1 is 1.25 bits per heavy atom. The van der Waals surface area contributed by atoms with Crippen molar-refractivity contribution in [3.05, 3.63) is 29.8 Å². The smallest absolute Gasteiger partial charge is 0.242 e. The van der Waals surface area contributed by atoms with Crippen LogP contribution in [-0.4, -0.2) is 57.9 Å². The van der Waals surface area contributed by atoms with Gasteiger partial charge in [0.1, 0.15) is 0 Å². The van der Waals surface area contributed by atoms with Crippen molar-refractivity contribution in [2.24, 2.45) is 4.99 Å². The number of nitrogens with one attached hydrogen (secondary N) is 2. The first-order valence-corrected chi connectivity index (χ1v) is 10.3. The summed E-state index contributed by atoms with van der Waals surface area (Å²) < 4.78 is 26.0. The van der Waals surface area contributed by atoms with E-state index in [1.165, 1.54) is 18.4 Å². The Bertz CT molecular complexity index is 622. The highest BCUT2D eigenvalue weighted by atomic mass is 127. The standard InChI is InChI=1S/C15H26N4O2S2.HI/c1-5-16-15(17-10-11-22-4)18-12-13-8-6-7-9-14(13)23(20,21)19(2)3;/h6-9H,5,10-12H2,1-4H3,(H2,16,17,18);1H. The van der Waals surface area contributed by atoms with Gasteiger partial charge in [-0.05, 0) is 24.8 Å². The fourth-order valence-electron chi connectivity index (χ4n) is 1.86. The zero-order chi connectivity index (χ0) is 17.3. The molecule has 0 heterocycles. The van der Waals surface area contributed by atoms with Gasteiger partial charge in [-0.15, -0.1) is 24.0 Å². The highest BCUT2D eigenvalue weighted by Gasteiger charge is 2.20. The molecule has 0 bridgehead atoms. The summed E-state index contributed by atoms with van der Waals surface area (Å²) in [5, 5.41) is 6.39. The minimum Gasteiger partial charge on any atom is -0.357 e. The molecule has 0 aliphatic heterocycles. The van der Waals surface area contributed by atoms with Gasteiger partial charge in [-0.1, -0.05) is 18.2 Å². The number of sulfonamides is 1. The van der Waals surface area contributed by atoms with Crippen LogP contribution in [0.3, 0.4) is 0 Å². The lowest BCUT2D eigenvalue weighted by Crippen LogP contribution is -2.38. The van der Waals surface area contributed by atoms with Crippen molar-refractivity contribution < 1.29 is 8.42 Å². The van der Waals surface area contributed by atoms with Crippen LogP contribution in [0.15, 0.2) is 34.2 Å². The van der Waals surface area contributed by atoms with Gasteiger partial charge in [-0.3, -0.25) is 0 Å². The summed E-state index contributed by atoms with van der Waals surface area (Å²) in [6.07, 6.45) is 2.05. The molecule has 1 aromatic carbocycles. The Balaban J connectivity index is 0.00000529. The predicted octanol–water partition coefficient (Wildman–Crippen LogP) is 1.97. The van der Waals surface area contributed by atoms with Crippen molar-refractivity contribution in [2.75, 3.05) is 39.2 Å². The van der Waals surface area contributed by atoms with Crippen LogP contribution in [0.25, 0.3) is 0 Å². The van der Waals surface area contributed by atoms with E-state index >= 15 is 0 Å². The van der Waals surface area contributed by atoms with Crippen LogP contribution in [0.1, 0.15) is 12.5 Å². The van der Waals surface area contributed by atoms with Crippen molar-refractivity contribution >= 4 is 51.7 Å². The van der Waals surface area contributed by atoms with E-state index < -0.39 is 10.0 Å². The van der Waals surface area contributed by atoms with E-state index in [4.69, 9.17) is 0 Å². The molecule has 0 radical (unpaired) electrons. The van der Waals surface area contributed by atoms with Crippen LogP contribution in [0.5, 0.6) is 0 Å². The second-order valence-electron chi connectivity index (χ2n) is 5.01. The number of rotatable bonds is 8. The average molecular weight is 486 g/mol. The summed E-state index contributed by atoms with van der Waals surface area (Å²) in [5.41, 5.74) is 0.684. The third kappa shape index (κ3) is 7.16. The van der Waals surface area contributed by atoms with Gasteiger partial charge in [0, 0.05) is 32.9 Å². The van der Waals surface area contributed by atoms with E-state index in [-0.39, 0.29) is 24.0 Å².